The lowest BCUT2D eigenvalue weighted by Crippen LogP contribution is -2.45. The minimum Gasteiger partial charge on any atom is -0.550 e. The summed E-state index contributed by atoms with van der Waals surface area (Å²) in [5.41, 5.74) is 0. The van der Waals surface area contributed by atoms with E-state index in [1.165, 1.54) is 32.1 Å². The fourth-order valence-electron chi connectivity index (χ4n) is 2.80. The van der Waals surface area contributed by atoms with Gasteiger partial charge in [0.25, 0.3) is 0 Å². The van der Waals surface area contributed by atoms with Crippen LogP contribution in [0, 0.1) is 0 Å². The van der Waals surface area contributed by atoms with Gasteiger partial charge in [0, 0.05) is 18.8 Å². The summed E-state index contributed by atoms with van der Waals surface area (Å²) in [6, 6.07) is 0. The molecule has 0 aromatic rings. The maximum Gasteiger partial charge on any atom is 0.306 e. The quantitative estimate of drug-likeness (QED) is 0.170. The highest BCUT2D eigenvalue weighted by Crippen LogP contribution is 2.11. The van der Waals surface area contributed by atoms with Crippen LogP contribution in [0.15, 0.2) is 12.2 Å². The first kappa shape index (κ1) is 28.1. The van der Waals surface area contributed by atoms with Crippen LogP contribution in [0.5, 0.6) is 0 Å². The predicted molar refractivity (Wildman–Crippen MR) is 111 cm³/mol. The van der Waals surface area contributed by atoms with E-state index in [0.717, 1.165) is 25.7 Å². The average Bonchev–Trinajstić information content (AvgIpc) is 2.50. The van der Waals surface area contributed by atoms with E-state index >= 15 is 0 Å². The second-order valence-electron chi connectivity index (χ2n) is 8.08. The standard InChI is InChI=1S/C21H39NO4.ClH/c1-5-6-7-8-9-10-11-12-13-14-15-16-21(25)26-19(17-20(23)24)18-22(2,3)4;/h8-9,19H,5-7,10-18H2,1-4H3;1H/b9-8-;/t19-;/m0./s1. The molecule has 160 valence electrons. The minimum absolute atomic E-state index is 0. The Labute approximate surface area is 172 Å². The molecule has 0 saturated carbocycles. The van der Waals surface area contributed by atoms with Crippen LogP contribution in [-0.4, -0.2) is 50.2 Å². The Bertz CT molecular complexity index is 419. The van der Waals surface area contributed by atoms with Crippen molar-refractivity contribution in [3.63, 3.8) is 0 Å². The zero-order chi connectivity index (χ0) is 19.8. The van der Waals surface area contributed by atoms with Crippen molar-refractivity contribution >= 4 is 24.3 Å². The van der Waals surface area contributed by atoms with Gasteiger partial charge in [-0.2, -0.15) is 0 Å². The number of rotatable bonds is 16. The van der Waals surface area contributed by atoms with Crippen molar-refractivity contribution in [2.45, 2.75) is 83.7 Å². The number of allylic oxidation sites excluding steroid dienone is 2. The number of carbonyl (C=O) groups excluding carboxylic acids is 2. The molecule has 0 fully saturated rings. The Morgan fingerprint density at radius 2 is 1.52 bits per heavy atom. The van der Waals surface area contributed by atoms with Gasteiger partial charge >= 0.3 is 5.97 Å². The molecule has 0 bridgehead atoms. The van der Waals surface area contributed by atoms with Crippen LogP contribution in [-0.2, 0) is 14.3 Å². The van der Waals surface area contributed by atoms with Gasteiger partial charge in [0.15, 0.2) is 6.10 Å². The number of hydrogen-bond donors (Lipinski definition) is 0. The highest BCUT2D eigenvalue weighted by Gasteiger charge is 2.22. The minimum atomic E-state index is -1.18. The average molecular weight is 406 g/mol. The number of ether oxygens (including phenoxy) is 1. The maximum atomic E-state index is 11.9. The molecule has 6 heteroatoms. The smallest absolute Gasteiger partial charge is 0.306 e. The van der Waals surface area contributed by atoms with Crippen molar-refractivity contribution < 1.29 is 23.9 Å². The third kappa shape index (κ3) is 21.1. The van der Waals surface area contributed by atoms with Crippen LogP contribution in [0.1, 0.15) is 77.6 Å². The van der Waals surface area contributed by atoms with E-state index in [4.69, 9.17) is 4.74 Å². The predicted octanol–water partition coefficient (Wildman–Crippen LogP) is 3.64. The molecule has 0 aliphatic heterocycles. The van der Waals surface area contributed by atoms with Gasteiger partial charge in [0.05, 0.1) is 21.1 Å². The van der Waals surface area contributed by atoms with E-state index < -0.39 is 12.1 Å². The Hall–Kier alpha value is -1.07. The Morgan fingerprint density at radius 1 is 0.963 bits per heavy atom. The molecule has 1 atom stereocenters. The number of nitrogens with zero attached hydrogens (tertiary/aromatic N) is 1. The highest BCUT2D eigenvalue weighted by atomic mass is 35.5. The monoisotopic (exact) mass is 405 g/mol. The highest BCUT2D eigenvalue weighted by molar-refractivity contribution is 5.85. The van der Waals surface area contributed by atoms with Crippen molar-refractivity contribution in [3.8, 4) is 0 Å². The van der Waals surface area contributed by atoms with Gasteiger partial charge in [0.1, 0.15) is 6.54 Å². The first-order valence-corrected chi connectivity index (χ1v) is 10.1. The van der Waals surface area contributed by atoms with Gasteiger partial charge in [-0.1, -0.05) is 51.2 Å². The molecule has 0 aliphatic carbocycles. The summed E-state index contributed by atoms with van der Waals surface area (Å²) in [7, 11) is 5.82. The van der Waals surface area contributed by atoms with Crippen molar-refractivity contribution in [2.75, 3.05) is 27.7 Å². The number of esters is 1. The van der Waals surface area contributed by atoms with Crippen molar-refractivity contribution in [2.24, 2.45) is 0 Å². The molecule has 5 nitrogen and oxygen atoms in total. The van der Waals surface area contributed by atoms with Crippen LogP contribution in [0.4, 0.5) is 0 Å². The molecule has 0 radical (unpaired) electrons. The van der Waals surface area contributed by atoms with Gasteiger partial charge in [-0.05, 0) is 25.7 Å². The lowest BCUT2D eigenvalue weighted by atomic mass is 10.1. The number of quaternary nitrogens is 1. The fourth-order valence-corrected chi connectivity index (χ4v) is 2.80. The van der Waals surface area contributed by atoms with Crippen LogP contribution in [0.25, 0.3) is 0 Å². The summed E-state index contributed by atoms with van der Waals surface area (Å²) >= 11 is 0. The molecule has 0 unspecified atom stereocenters. The van der Waals surface area contributed by atoms with Crippen LogP contribution in [0.3, 0.4) is 0 Å². The van der Waals surface area contributed by atoms with E-state index in [0.29, 0.717) is 17.4 Å². The molecule has 0 N–H and O–H groups in total. The van der Waals surface area contributed by atoms with E-state index in [2.05, 4.69) is 19.1 Å². The molecule has 0 rings (SSSR count). The number of unbranched alkanes of at least 4 members (excludes halogenated alkanes) is 7. The van der Waals surface area contributed by atoms with E-state index in [9.17, 15) is 14.7 Å². The molecule has 0 heterocycles. The number of aliphatic carboxylic acids is 1. The molecule has 0 aromatic heterocycles. The molecular formula is C21H40ClNO4. The summed E-state index contributed by atoms with van der Waals surface area (Å²) in [6.07, 6.45) is 14.2. The largest absolute Gasteiger partial charge is 0.550 e. The van der Waals surface area contributed by atoms with Gasteiger partial charge in [-0.3, -0.25) is 4.79 Å². The van der Waals surface area contributed by atoms with Gasteiger partial charge in [0.2, 0.25) is 0 Å². The number of carbonyl (C=O) groups is 2. The van der Waals surface area contributed by atoms with E-state index in [1.807, 2.05) is 21.1 Å². The van der Waals surface area contributed by atoms with Crippen molar-refractivity contribution in [1.82, 2.24) is 0 Å². The zero-order valence-electron chi connectivity index (χ0n) is 17.7. The molecule has 0 spiro atoms. The third-order valence-corrected chi connectivity index (χ3v) is 4.09. The summed E-state index contributed by atoms with van der Waals surface area (Å²) in [6.45, 7) is 2.67. The van der Waals surface area contributed by atoms with Gasteiger partial charge in [-0.15, -0.1) is 12.4 Å². The molecule has 0 saturated heterocycles. The normalized spacial score (nSPS) is 12.6. The number of carboxylic acids is 1. The second-order valence-corrected chi connectivity index (χ2v) is 8.08. The van der Waals surface area contributed by atoms with Gasteiger partial charge < -0.3 is 19.1 Å². The van der Waals surface area contributed by atoms with Crippen molar-refractivity contribution in [3.05, 3.63) is 12.2 Å². The van der Waals surface area contributed by atoms with Crippen LogP contribution < -0.4 is 5.11 Å². The summed E-state index contributed by atoms with van der Waals surface area (Å²) in [5.74, 6) is -1.48. The first-order chi connectivity index (χ1) is 12.2. The van der Waals surface area contributed by atoms with Gasteiger partial charge in [-0.25, -0.2) is 0 Å². The third-order valence-electron chi connectivity index (χ3n) is 4.09. The number of hydrogen-bond acceptors (Lipinski definition) is 4. The molecule has 0 amide bonds. The topological polar surface area (TPSA) is 66.4 Å². The van der Waals surface area contributed by atoms with Crippen LogP contribution in [0.2, 0.25) is 0 Å². The lowest BCUT2D eigenvalue weighted by Gasteiger charge is -2.29. The van der Waals surface area contributed by atoms with Crippen LogP contribution >= 0.6 is 12.4 Å². The molecule has 27 heavy (non-hydrogen) atoms. The van der Waals surface area contributed by atoms with E-state index in [-0.39, 0.29) is 24.8 Å². The lowest BCUT2D eigenvalue weighted by molar-refractivity contribution is -0.873. The Kier molecular flexibility index (Phi) is 17.8. The summed E-state index contributed by atoms with van der Waals surface area (Å²) in [4.78, 5) is 22.8. The number of carboxylic acid groups (broad SMARTS) is 1. The van der Waals surface area contributed by atoms with E-state index in [1.54, 1.807) is 0 Å². The Morgan fingerprint density at radius 3 is 2.07 bits per heavy atom. The Balaban J connectivity index is 0. The number of likely N-dealkylation sites (N-methyl/N-ethyl adjacent to an activating group) is 1. The summed E-state index contributed by atoms with van der Waals surface area (Å²) in [5, 5.41) is 10.8. The first-order valence-electron chi connectivity index (χ1n) is 10.1. The second kappa shape index (κ2) is 17.1. The molecule has 0 aliphatic rings. The SMILES string of the molecule is CCCC/C=C\CCCCCCCC(=O)O[C@@H](CC(=O)[O-])C[N+](C)(C)C.Cl. The van der Waals surface area contributed by atoms with Crippen molar-refractivity contribution in [1.29, 1.82) is 0 Å². The number of halogens is 1. The molecule has 0 aromatic carbocycles. The zero-order valence-corrected chi connectivity index (χ0v) is 18.5. The maximum absolute atomic E-state index is 11.9. The summed E-state index contributed by atoms with van der Waals surface area (Å²) < 4.78 is 5.88. The molecular weight excluding hydrogens is 366 g/mol. The fraction of sp³-hybridized carbons (Fsp3) is 0.810.